The van der Waals surface area contributed by atoms with E-state index in [2.05, 4.69) is 53.3 Å². The largest absolute Gasteiger partial charge is 0.384 e. The summed E-state index contributed by atoms with van der Waals surface area (Å²) >= 11 is 0. The molecule has 0 radical (unpaired) electrons. The van der Waals surface area contributed by atoms with Crippen LogP contribution in [-0.4, -0.2) is 16.3 Å². The number of benzene rings is 1. The summed E-state index contributed by atoms with van der Waals surface area (Å²) in [5, 5.41) is 8.03. The van der Waals surface area contributed by atoms with Crippen LogP contribution in [0.2, 0.25) is 0 Å². The summed E-state index contributed by atoms with van der Waals surface area (Å²) in [5.41, 5.74) is 6.48. The van der Waals surface area contributed by atoms with Crippen molar-refractivity contribution in [1.82, 2.24) is 9.78 Å². The third-order valence-corrected chi connectivity index (χ3v) is 3.56. The highest BCUT2D eigenvalue weighted by Crippen LogP contribution is 2.34. The summed E-state index contributed by atoms with van der Waals surface area (Å²) in [6.45, 7) is 6.33. The highest BCUT2D eigenvalue weighted by atomic mass is 15.3. The van der Waals surface area contributed by atoms with Crippen molar-refractivity contribution in [3.63, 3.8) is 0 Å². The third kappa shape index (κ3) is 1.80. The molecule has 0 saturated carbocycles. The van der Waals surface area contributed by atoms with Crippen LogP contribution in [0.5, 0.6) is 0 Å². The van der Waals surface area contributed by atoms with Gasteiger partial charge in [0.2, 0.25) is 0 Å². The van der Waals surface area contributed by atoms with Crippen LogP contribution in [0.15, 0.2) is 24.4 Å². The van der Waals surface area contributed by atoms with E-state index < -0.39 is 0 Å². The Morgan fingerprint density at radius 2 is 2.22 bits per heavy atom. The number of nitrogens with zero attached hydrogens (tertiary/aromatic N) is 2. The molecule has 94 valence electrons. The number of aromatic nitrogens is 2. The summed E-state index contributed by atoms with van der Waals surface area (Å²) in [5.74, 6) is 0. The molecule has 0 amide bonds. The monoisotopic (exact) mass is 241 g/mol. The maximum absolute atomic E-state index is 4.60. The maximum Gasteiger partial charge on any atom is 0.0672 e. The molecule has 0 spiro atoms. The van der Waals surface area contributed by atoms with E-state index in [1.807, 2.05) is 0 Å². The van der Waals surface area contributed by atoms with E-state index in [0.717, 1.165) is 31.6 Å². The van der Waals surface area contributed by atoms with Gasteiger partial charge in [0.05, 0.1) is 5.69 Å². The van der Waals surface area contributed by atoms with Gasteiger partial charge in [0.25, 0.3) is 0 Å². The molecule has 1 N–H and O–H groups in total. The quantitative estimate of drug-likeness (QED) is 0.894. The normalized spacial score (nSPS) is 13.4. The molecule has 0 aliphatic carbocycles. The van der Waals surface area contributed by atoms with Gasteiger partial charge < -0.3 is 5.32 Å². The van der Waals surface area contributed by atoms with Crippen LogP contribution >= 0.6 is 0 Å². The number of rotatable bonds is 3. The summed E-state index contributed by atoms with van der Waals surface area (Å²) in [4.78, 5) is 0. The molecule has 18 heavy (non-hydrogen) atoms. The number of hydrogen-bond donors (Lipinski definition) is 1. The lowest BCUT2D eigenvalue weighted by atomic mass is 9.98. The first-order valence-electron chi connectivity index (χ1n) is 6.69. The van der Waals surface area contributed by atoms with Gasteiger partial charge in [0.1, 0.15) is 0 Å². The Bertz CT molecular complexity index is 569. The van der Waals surface area contributed by atoms with E-state index in [-0.39, 0.29) is 0 Å². The Morgan fingerprint density at radius 3 is 3.06 bits per heavy atom. The lowest BCUT2D eigenvalue weighted by molar-refractivity contribution is 0.598. The molecule has 2 aromatic rings. The SMILES string of the molecule is CCCn1cc(-c2cccc3c2CCN3)c(C)n1. The Hall–Kier alpha value is -1.77. The van der Waals surface area contributed by atoms with Gasteiger partial charge in [-0.05, 0) is 37.0 Å². The van der Waals surface area contributed by atoms with Crippen LogP contribution in [0.1, 0.15) is 24.6 Å². The molecule has 1 aliphatic rings. The Kier molecular flexibility index (Phi) is 2.82. The zero-order valence-electron chi connectivity index (χ0n) is 11.0. The summed E-state index contributed by atoms with van der Waals surface area (Å²) in [6.07, 6.45) is 4.42. The van der Waals surface area contributed by atoms with Crippen LogP contribution in [-0.2, 0) is 13.0 Å². The molecule has 3 heteroatoms. The molecular weight excluding hydrogens is 222 g/mol. The molecule has 0 atom stereocenters. The molecule has 3 rings (SSSR count). The fourth-order valence-electron chi connectivity index (χ4n) is 2.72. The predicted octanol–water partition coefficient (Wildman–Crippen LogP) is 3.24. The highest BCUT2D eigenvalue weighted by Gasteiger charge is 2.17. The first-order valence-corrected chi connectivity index (χ1v) is 6.69. The van der Waals surface area contributed by atoms with E-state index in [1.165, 1.54) is 22.4 Å². The molecule has 0 saturated heterocycles. The Morgan fingerprint density at radius 1 is 1.33 bits per heavy atom. The van der Waals surface area contributed by atoms with Gasteiger partial charge in [-0.25, -0.2) is 0 Å². The van der Waals surface area contributed by atoms with Gasteiger partial charge in [0.15, 0.2) is 0 Å². The molecule has 1 aliphatic heterocycles. The Balaban J connectivity index is 2.07. The standard InChI is InChI=1S/C15H19N3/c1-3-9-18-10-14(11(2)17-18)12-5-4-6-15-13(12)7-8-16-15/h4-6,10,16H,3,7-9H2,1-2H3. The number of anilines is 1. The molecule has 0 fully saturated rings. The number of aryl methyl sites for hydroxylation is 2. The van der Waals surface area contributed by atoms with Gasteiger partial charge in [0, 0.05) is 30.5 Å². The minimum absolute atomic E-state index is 0.994. The van der Waals surface area contributed by atoms with Crippen molar-refractivity contribution < 1.29 is 0 Å². The predicted molar refractivity (Wildman–Crippen MR) is 74.9 cm³/mol. The molecule has 3 nitrogen and oxygen atoms in total. The van der Waals surface area contributed by atoms with E-state index >= 15 is 0 Å². The van der Waals surface area contributed by atoms with E-state index in [9.17, 15) is 0 Å². The zero-order chi connectivity index (χ0) is 12.5. The average molecular weight is 241 g/mol. The van der Waals surface area contributed by atoms with Gasteiger partial charge in [-0.3, -0.25) is 4.68 Å². The second kappa shape index (κ2) is 4.48. The molecule has 0 bridgehead atoms. The first kappa shape index (κ1) is 11.3. The van der Waals surface area contributed by atoms with Crippen LogP contribution in [0.25, 0.3) is 11.1 Å². The lowest BCUT2D eigenvalue weighted by Gasteiger charge is -2.06. The van der Waals surface area contributed by atoms with E-state index in [1.54, 1.807) is 0 Å². The van der Waals surface area contributed by atoms with Crippen LogP contribution < -0.4 is 5.32 Å². The molecule has 2 heterocycles. The third-order valence-electron chi connectivity index (χ3n) is 3.56. The first-order chi connectivity index (χ1) is 8.79. The van der Waals surface area contributed by atoms with Crippen molar-refractivity contribution in [2.24, 2.45) is 0 Å². The smallest absolute Gasteiger partial charge is 0.0672 e. The number of hydrogen-bond acceptors (Lipinski definition) is 2. The minimum Gasteiger partial charge on any atom is -0.384 e. The van der Waals surface area contributed by atoms with Crippen LogP contribution in [0.3, 0.4) is 0 Å². The minimum atomic E-state index is 0.994. The lowest BCUT2D eigenvalue weighted by Crippen LogP contribution is -1.96. The van der Waals surface area contributed by atoms with Gasteiger partial charge in [-0.2, -0.15) is 5.10 Å². The van der Waals surface area contributed by atoms with Crippen molar-refractivity contribution >= 4 is 5.69 Å². The maximum atomic E-state index is 4.60. The number of fused-ring (bicyclic) bond motifs is 1. The Labute approximate surface area is 108 Å². The molecule has 0 unspecified atom stereocenters. The second-order valence-corrected chi connectivity index (χ2v) is 4.90. The topological polar surface area (TPSA) is 29.9 Å². The van der Waals surface area contributed by atoms with Gasteiger partial charge in [-0.15, -0.1) is 0 Å². The molecule has 1 aromatic carbocycles. The van der Waals surface area contributed by atoms with Crippen molar-refractivity contribution in [2.45, 2.75) is 33.2 Å². The van der Waals surface area contributed by atoms with Crippen molar-refractivity contribution in [3.8, 4) is 11.1 Å². The fraction of sp³-hybridized carbons (Fsp3) is 0.400. The fourth-order valence-corrected chi connectivity index (χ4v) is 2.72. The summed E-state index contributed by atoms with van der Waals surface area (Å²) in [7, 11) is 0. The van der Waals surface area contributed by atoms with Gasteiger partial charge >= 0.3 is 0 Å². The number of nitrogens with one attached hydrogen (secondary N) is 1. The second-order valence-electron chi connectivity index (χ2n) is 4.90. The van der Waals surface area contributed by atoms with E-state index in [0.29, 0.717) is 0 Å². The van der Waals surface area contributed by atoms with Crippen LogP contribution in [0.4, 0.5) is 5.69 Å². The molecule has 1 aromatic heterocycles. The van der Waals surface area contributed by atoms with Crippen molar-refractivity contribution in [1.29, 1.82) is 0 Å². The van der Waals surface area contributed by atoms with E-state index in [4.69, 9.17) is 0 Å². The van der Waals surface area contributed by atoms with Gasteiger partial charge in [-0.1, -0.05) is 19.1 Å². The molecular formula is C15H19N3. The zero-order valence-corrected chi connectivity index (χ0v) is 11.0. The van der Waals surface area contributed by atoms with Crippen molar-refractivity contribution in [2.75, 3.05) is 11.9 Å². The summed E-state index contributed by atoms with van der Waals surface area (Å²) in [6, 6.07) is 6.51. The van der Waals surface area contributed by atoms with Crippen LogP contribution in [0, 0.1) is 6.92 Å². The van der Waals surface area contributed by atoms with Crippen molar-refractivity contribution in [3.05, 3.63) is 35.7 Å². The highest BCUT2D eigenvalue weighted by molar-refractivity contribution is 5.76. The average Bonchev–Trinajstić information content (AvgIpc) is 2.95. The summed E-state index contributed by atoms with van der Waals surface area (Å²) < 4.78 is 2.06.